The Labute approximate surface area is 190 Å². The van der Waals surface area contributed by atoms with Gasteiger partial charge in [-0.25, -0.2) is 9.59 Å². The zero-order valence-electron chi connectivity index (χ0n) is 18.5. The number of amides is 3. The van der Waals surface area contributed by atoms with Gasteiger partial charge in [0.05, 0.1) is 11.2 Å². The largest absolute Gasteiger partial charge is 0.485 e. The van der Waals surface area contributed by atoms with E-state index in [1.807, 2.05) is 0 Å². The van der Waals surface area contributed by atoms with Crippen molar-refractivity contribution in [3.8, 4) is 11.4 Å². The standard InChI is InChI=1S/C22H26N6O5/c1-22(2,23)19(30)26-7-9-27(10-8-26)20(31)24-18-5-6-28(21(32)25-18)15-4-3-14-11-16(29)13-33-17(14)12-15/h3-6,12H,7-11,13,23H2,1-2H3,(H,24,25,31,32). The average Bonchev–Trinajstić information content (AvgIpc) is 2.78. The van der Waals surface area contributed by atoms with E-state index in [-0.39, 0.29) is 24.1 Å². The third-order valence-corrected chi connectivity index (χ3v) is 5.55. The Kier molecular flexibility index (Phi) is 5.90. The highest BCUT2D eigenvalue weighted by Crippen LogP contribution is 2.26. The third-order valence-electron chi connectivity index (χ3n) is 5.55. The molecule has 0 atom stereocenters. The van der Waals surface area contributed by atoms with Crippen molar-refractivity contribution in [2.24, 2.45) is 5.73 Å². The van der Waals surface area contributed by atoms with Gasteiger partial charge in [0, 0.05) is 50.4 Å². The molecule has 0 unspecified atom stereocenters. The van der Waals surface area contributed by atoms with Crippen LogP contribution in [0.15, 0.2) is 35.3 Å². The van der Waals surface area contributed by atoms with Crippen LogP contribution in [0.5, 0.6) is 5.75 Å². The number of carbonyl (C=O) groups is 3. The van der Waals surface area contributed by atoms with E-state index in [0.29, 0.717) is 44.0 Å². The number of hydrogen-bond acceptors (Lipinski definition) is 7. The summed E-state index contributed by atoms with van der Waals surface area (Å²) in [7, 11) is 0. The number of ketones is 1. The second-order valence-corrected chi connectivity index (χ2v) is 8.69. The van der Waals surface area contributed by atoms with Crippen LogP contribution >= 0.6 is 0 Å². The molecule has 33 heavy (non-hydrogen) atoms. The summed E-state index contributed by atoms with van der Waals surface area (Å²) >= 11 is 0. The van der Waals surface area contributed by atoms with Crippen molar-refractivity contribution in [1.82, 2.24) is 19.4 Å². The maximum atomic E-state index is 12.6. The first-order valence-electron chi connectivity index (χ1n) is 10.6. The second kappa shape index (κ2) is 8.66. The van der Waals surface area contributed by atoms with Crippen LogP contribution in [0, 0.1) is 0 Å². The lowest BCUT2D eigenvalue weighted by atomic mass is 10.1. The second-order valence-electron chi connectivity index (χ2n) is 8.69. The number of fused-ring (bicyclic) bond motifs is 1. The highest BCUT2D eigenvalue weighted by molar-refractivity contribution is 5.89. The minimum atomic E-state index is -0.958. The van der Waals surface area contributed by atoms with Gasteiger partial charge in [-0.05, 0) is 26.0 Å². The lowest BCUT2D eigenvalue weighted by Crippen LogP contribution is -2.58. The van der Waals surface area contributed by atoms with E-state index in [4.69, 9.17) is 10.5 Å². The summed E-state index contributed by atoms with van der Waals surface area (Å²) in [6.45, 7) is 4.79. The molecule has 1 aromatic carbocycles. The molecular formula is C22H26N6O5. The fraction of sp³-hybridized carbons (Fsp3) is 0.409. The summed E-state index contributed by atoms with van der Waals surface area (Å²) in [6.07, 6.45) is 1.82. The van der Waals surface area contributed by atoms with Crippen molar-refractivity contribution in [1.29, 1.82) is 0 Å². The van der Waals surface area contributed by atoms with Gasteiger partial charge in [0.1, 0.15) is 18.2 Å². The van der Waals surface area contributed by atoms with Gasteiger partial charge in [-0.1, -0.05) is 6.07 Å². The molecule has 3 heterocycles. The van der Waals surface area contributed by atoms with Crippen LogP contribution < -0.4 is 21.5 Å². The third kappa shape index (κ3) is 4.87. The molecule has 0 aliphatic carbocycles. The first kappa shape index (κ1) is 22.5. The molecule has 0 bridgehead atoms. The minimum absolute atomic E-state index is 0.00501. The van der Waals surface area contributed by atoms with Gasteiger partial charge < -0.3 is 20.3 Å². The van der Waals surface area contributed by atoms with E-state index in [9.17, 15) is 19.2 Å². The molecule has 1 fully saturated rings. The van der Waals surface area contributed by atoms with Gasteiger partial charge in [0.15, 0.2) is 5.78 Å². The fourth-order valence-corrected chi connectivity index (χ4v) is 3.77. The molecule has 0 saturated carbocycles. The topological polar surface area (TPSA) is 140 Å². The number of piperazine rings is 1. The Bertz CT molecular complexity index is 1160. The molecule has 0 radical (unpaired) electrons. The molecule has 3 amide bonds. The summed E-state index contributed by atoms with van der Waals surface area (Å²) in [5.74, 6) is 0.534. The number of nitrogens with zero attached hydrogens (tertiary/aromatic N) is 4. The van der Waals surface area contributed by atoms with Gasteiger partial charge in [-0.3, -0.25) is 19.5 Å². The maximum Gasteiger partial charge on any atom is 0.354 e. The summed E-state index contributed by atoms with van der Waals surface area (Å²) < 4.78 is 6.77. The van der Waals surface area contributed by atoms with Crippen molar-refractivity contribution in [3.05, 3.63) is 46.5 Å². The molecule has 174 valence electrons. The van der Waals surface area contributed by atoms with Gasteiger partial charge in [-0.15, -0.1) is 0 Å². The summed E-state index contributed by atoms with van der Waals surface area (Å²) in [5.41, 5.74) is 5.66. The van der Waals surface area contributed by atoms with Crippen molar-refractivity contribution in [2.75, 3.05) is 38.1 Å². The Morgan fingerprint density at radius 1 is 1.09 bits per heavy atom. The Morgan fingerprint density at radius 3 is 2.45 bits per heavy atom. The summed E-state index contributed by atoms with van der Waals surface area (Å²) in [5, 5.41) is 2.63. The van der Waals surface area contributed by atoms with Crippen molar-refractivity contribution in [3.63, 3.8) is 0 Å². The predicted octanol–water partition coefficient (Wildman–Crippen LogP) is 0.150. The molecule has 2 aliphatic rings. The first-order chi connectivity index (χ1) is 15.6. The van der Waals surface area contributed by atoms with Gasteiger partial charge in [0.25, 0.3) is 0 Å². The number of carbonyl (C=O) groups excluding carboxylic acids is 3. The van der Waals surface area contributed by atoms with E-state index >= 15 is 0 Å². The van der Waals surface area contributed by atoms with Crippen LogP contribution in [0.3, 0.4) is 0 Å². The molecule has 11 nitrogen and oxygen atoms in total. The van der Waals surface area contributed by atoms with Gasteiger partial charge >= 0.3 is 11.7 Å². The lowest BCUT2D eigenvalue weighted by Gasteiger charge is -2.37. The van der Waals surface area contributed by atoms with Crippen molar-refractivity contribution in [2.45, 2.75) is 25.8 Å². The minimum Gasteiger partial charge on any atom is -0.485 e. The Hall–Kier alpha value is -3.73. The Morgan fingerprint density at radius 2 is 1.79 bits per heavy atom. The molecular weight excluding hydrogens is 428 g/mol. The normalized spacial score (nSPS) is 16.2. The number of nitrogens with two attached hydrogens (primary N) is 1. The lowest BCUT2D eigenvalue weighted by molar-refractivity contribution is -0.137. The number of ether oxygens (including phenoxy) is 1. The first-order valence-corrected chi connectivity index (χ1v) is 10.6. The van der Waals surface area contributed by atoms with Crippen molar-refractivity contribution >= 4 is 23.5 Å². The number of nitrogens with one attached hydrogen (secondary N) is 1. The number of Topliss-reactive ketones (excluding diaryl/α,β-unsaturated/α-hetero) is 1. The van der Waals surface area contributed by atoms with Crippen LogP contribution in [0.4, 0.5) is 10.6 Å². The highest BCUT2D eigenvalue weighted by atomic mass is 16.5. The zero-order valence-corrected chi connectivity index (χ0v) is 18.5. The quantitative estimate of drug-likeness (QED) is 0.673. The van der Waals surface area contributed by atoms with E-state index in [1.165, 1.54) is 16.8 Å². The number of rotatable bonds is 3. The fourth-order valence-electron chi connectivity index (χ4n) is 3.77. The summed E-state index contributed by atoms with van der Waals surface area (Å²) in [6, 6.07) is 6.28. The molecule has 2 aromatic rings. The maximum absolute atomic E-state index is 12.6. The molecule has 11 heteroatoms. The van der Waals surface area contributed by atoms with E-state index in [1.54, 1.807) is 41.8 Å². The van der Waals surface area contributed by atoms with Gasteiger partial charge in [-0.2, -0.15) is 4.98 Å². The average molecular weight is 454 g/mol. The van der Waals surface area contributed by atoms with Crippen LogP contribution in [-0.4, -0.2) is 75.4 Å². The van der Waals surface area contributed by atoms with Crippen LogP contribution in [0.25, 0.3) is 5.69 Å². The molecule has 1 aromatic heterocycles. The SMILES string of the molecule is CC(C)(N)C(=O)N1CCN(C(=O)Nc2ccn(-c3ccc4c(c3)OCC(=O)C4)c(=O)n2)CC1. The molecule has 2 aliphatic heterocycles. The number of hydrogen-bond donors (Lipinski definition) is 2. The van der Waals surface area contributed by atoms with Crippen LogP contribution in [0.1, 0.15) is 19.4 Å². The Balaban J connectivity index is 1.40. The van der Waals surface area contributed by atoms with Gasteiger partial charge in [0.2, 0.25) is 5.91 Å². The molecule has 1 saturated heterocycles. The molecule has 0 spiro atoms. The predicted molar refractivity (Wildman–Crippen MR) is 119 cm³/mol. The smallest absolute Gasteiger partial charge is 0.354 e. The number of urea groups is 1. The number of aromatic nitrogens is 2. The number of benzene rings is 1. The summed E-state index contributed by atoms with van der Waals surface area (Å²) in [4.78, 5) is 56.1. The van der Waals surface area contributed by atoms with Crippen LogP contribution in [0.2, 0.25) is 0 Å². The zero-order chi connectivity index (χ0) is 23.8. The monoisotopic (exact) mass is 454 g/mol. The molecule has 4 rings (SSSR count). The van der Waals surface area contributed by atoms with E-state index in [0.717, 1.165) is 5.56 Å². The number of anilines is 1. The van der Waals surface area contributed by atoms with E-state index in [2.05, 4.69) is 10.3 Å². The highest BCUT2D eigenvalue weighted by Gasteiger charge is 2.31. The molecule has 3 N–H and O–H groups in total. The van der Waals surface area contributed by atoms with Crippen molar-refractivity contribution < 1.29 is 19.1 Å². The van der Waals surface area contributed by atoms with E-state index < -0.39 is 17.3 Å². The van der Waals surface area contributed by atoms with Crippen LogP contribution in [-0.2, 0) is 16.0 Å².